The molecule has 0 aliphatic heterocycles. The van der Waals surface area contributed by atoms with Crippen LogP contribution in [-0.2, 0) is 12.6 Å². The predicted molar refractivity (Wildman–Crippen MR) is 123 cm³/mol. The maximum absolute atomic E-state index is 12.9. The molecule has 0 spiro atoms. The molecule has 1 N–H and O–H groups in total. The number of hydrogen-bond acceptors (Lipinski definition) is 5. The van der Waals surface area contributed by atoms with Crippen molar-refractivity contribution in [1.82, 2.24) is 19.9 Å². The van der Waals surface area contributed by atoms with Crippen LogP contribution in [0.15, 0.2) is 48.8 Å². The van der Waals surface area contributed by atoms with Crippen LogP contribution < -0.4 is 5.32 Å². The fraction of sp³-hybridized carbons (Fsp3) is 0.240. The Labute approximate surface area is 194 Å². The number of aryl methyl sites for hydroxylation is 3. The molecule has 0 aliphatic carbocycles. The smallest absolute Gasteiger partial charge is 0.322 e. The SMILES string of the molecule is CCCc1ncc2cc(-c3cc(NC(=O)c4ccnc(C(F)(F)F)c4)ccc3C)c(C)nc2n1. The number of rotatable bonds is 5. The van der Waals surface area contributed by atoms with Crippen molar-refractivity contribution in [3.8, 4) is 11.1 Å². The summed E-state index contributed by atoms with van der Waals surface area (Å²) in [4.78, 5) is 29.5. The van der Waals surface area contributed by atoms with E-state index in [0.717, 1.165) is 58.7 Å². The fourth-order valence-corrected chi connectivity index (χ4v) is 3.62. The van der Waals surface area contributed by atoms with E-state index in [1.165, 1.54) is 6.07 Å². The molecule has 9 heteroatoms. The number of amides is 1. The summed E-state index contributed by atoms with van der Waals surface area (Å²) in [5, 5.41) is 3.47. The van der Waals surface area contributed by atoms with E-state index in [0.29, 0.717) is 11.3 Å². The van der Waals surface area contributed by atoms with E-state index in [4.69, 9.17) is 0 Å². The first-order chi connectivity index (χ1) is 16.2. The van der Waals surface area contributed by atoms with Gasteiger partial charge in [-0.05, 0) is 61.7 Å². The number of carbonyl (C=O) groups excluding carboxylic acids is 1. The average molecular weight is 465 g/mol. The minimum atomic E-state index is -4.63. The summed E-state index contributed by atoms with van der Waals surface area (Å²) < 4.78 is 38.8. The van der Waals surface area contributed by atoms with Gasteiger partial charge in [0.25, 0.3) is 5.91 Å². The van der Waals surface area contributed by atoms with Gasteiger partial charge in [-0.2, -0.15) is 13.2 Å². The molecule has 0 saturated carbocycles. The van der Waals surface area contributed by atoms with E-state index >= 15 is 0 Å². The first-order valence-corrected chi connectivity index (χ1v) is 10.7. The molecule has 0 bridgehead atoms. The molecule has 34 heavy (non-hydrogen) atoms. The lowest BCUT2D eigenvalue weighted by atomic mass is 9.98. The Morgan fingerprint density at radius 2 is 1.79 bits per heavy atom. The molecular weight excluding hydrogens is 443 g/mol. The number of halogens is 3. The van der Waals surface area contributed by atoms with Crippen molar-refractivity contribution in [1.29, 1.82) is 0 Å². The molecule has 4 rings (SSSR count). The molecule has 6 nitrogen and oxygen atoms in total. The summed E-state index contributed by atoms with van der Waals surface area (Å²) in [5.41, 5.74) is 3.24. The summed E-state index contributed by atoms with van der Waals surface area (Å²) in [6.45, 7) is 5.88. The zero-order valence-electron chi connectivity index (χ0n) is 18.9. The highest BCUT2D eigenvalue weighted by atomic mass is 19.4. The van der Waals surface area contributed by atoms with Crippen LogP contribution in [0.5, 0.6) is 0 Å². The second kappa shape index (κ2) is 9.17. The topological polar surface area (TPSA) is 80.7 Å². The van der Waals surface area contributed by atoms with Crippen LogP contribution in [-0.4, -0.2) is 25.8 Å². The minimum Gasteiger partial charge on any atom is -0.322 e. The number of hydrogen-bond donors (Lipinski definition) is 1. The molecule has 0 atom stereocenters. The quantitative estimate of drug-likeness (QED) is 0.395. The zero-order valence-corrected chi connectivity index (χ0v) is 18.9. The van der Waals surface area contributed by atoms with Crippen LogP contribution in [0.3, 0.4) is 0 Å². The Morgan fingerprint density at radius 1 is 1.00 bits per heavy atom. The number of nitrogens with zero attached hydrogens (tertiary/aromatic N) is 4. The molecular formula is C25H22F3N5O. The Balaban J connectivity index is 1.66. The number of carbonyl (C=O) groups is 1. The molecule has 3 aromatic heterocycles. The second-order valence-corrected chi connectivity index (χ2v) is 7.98. The largest absolute Gasteiger partial charge is 0.433 e. The number of aromatic nitrogens is 4. The fourth-order valence-electron chi connectivity index (χ4n) is 3.62. The van der Waals surface area contributed by atoms with Crippen molar-refractivity contribution in [2.24, 2.45) is 0 Å². The van der Waals surface area contributed by atoms with Gasteiger partial charge in [0.2, 0.25) is 0 Å². The number of pyridine rings is 2. The normalized spacial score (nSPS) is 11.6. The van der Waals surface area contributed by atoms with Crippen LogP contribution >= 0.6 is 0 Å². The van der Waals surface area contributed by atoms with Gasteiger partial charge < -0.3 is 5.32 Å². The molecule has 1 aromatic carbocycles. The summed E-state index contributed by atoms with van der Waals surface area (Å²) in [6, 6.07) is 9.25. The molecule has 0 radical (unpaired) electrons. The van der Waals surface area contributed by atoms with Gasteiger partial charge in [-0.3, -0.25) is 9.78 Å². The molecule has 3 heterocycles. The van der Waals surface area contributed by atoms with E-state index in [2.05, 4.69) is 32.2 Å². The number of alkyl halides is 3. The molecule has 0 fully saturated rings. The first kappa shape index (κ1) is 23.3. The van der Waals surface area contributed by atoms with Crippen molar-refractivity contribution in [3.05, 3.63) is 77.1 Å². The van der Waals surface area contributed by atoms with Gasteiger partial charge >= 0.3 is 6.18 Å². The molecule has 0 saturated heterocycles. The van der Waals surface area contributed by atoms with Crippen LogP contribution in [0.4, 0.5) is 18.9 Å². The van der Waals surface area contributed by atoms with E-state index < -0.39 is 17.8 Å². The Hall–Kier alpha value is -3.88. The lowest BCUT2D eigenvalue weighted by molar-refractivity contribution is -0.141. The maximum Gasteiger partial charge on any atom is 0.433 e. The van der Waals surface area contributed by atoms with Gasteiger partial charge in [0.15, 0.2) is 5.65 Å². The first-order valence-electron chi connectivity index (χ1n) is 10.7. The van der Waals surface area contributed by atoms with E-state index in [-0.39, 0.29) is 5.56 Å². The van der Waals surface area contributed by atoms with Crippen LogP contribution in [0.1, 0.15) is 46.5 Å². The highest BCUT2D eigenvalue weighted by molar-refractivity contribution is 6.04. The highest BCUT2D eigenvalue weighted by Crippen LogP contribution is 2.31. The van der Waals surface area contributed by atoms with Crippen molar-refractivity contribution in [2.45, 2.75) is 39.8 Å². The van der Waals surface area contributed by atoms with Crippen molar-refractivity contribution >= 4 is 22.6 Å². The van der Waals surface area contributed by atoms with Crippen molar-refractivity contribution in [2.75, 3.05) is 5.32 Å². The third-order valence-electron chi connectivity index (χ3n) is 5.38. The molecule has 0 aliphatic rings. The van der Waals surface area contributed by atoms with Crippen LogP contribution in [0.2, 0.25) is 0 Å². The summed E-state index contributed by atoms with van der Waals surface area (Å²) >= 11 is 0. The molecule has 0 unspecified atom stereocenters. The van der Waals surface area contributed by atoms with Gasteiger partial charge in [0.05, 0.1) is 0 Å². The van der Waals surface area contributed by atoms with Crippen LogP contribution in [0.25, 0.3) is 22.2 Å². The maximum atomic E-state index is 12.9. The van der Waals surface area contributed by atoms with Gasteiger partial charge in [-0.15, -0.1) is 0 Å². The van der Waals surface area contributed by atoms with Gasteiger partial charge in [0, 0.05) is 46.7 Å². The van der Waals surface area contributed by atoms with E-state index in [1.807, 2.05) is 26.0 Å². The standard InChI is InChI=1S/C25H22F3N5O/c1-4-5-22-30-13-17-10-20(15(3)31-23(17)33-22)19-12-18(7-6-14(19)2)32-24(34)16-8-9-29-21(11-16)25(26,27)28/h6-13H,4-5H2,1-3H3,(H,32,34). The van der Waals surface area contributed by atoms with Crippen LogP contribution in [0, 0.1) is 13.8 Å². The Bertz CT molecular complexity index is 1390. The van der Waals surface area contributed by atoms with Gasteiger partial charge in [-0.1, -0.05) is 13.0 Å². The molecule has 174 valence electrons. The summed E-state index contributed by atoms with van der Waals surface area (Å²) in [6.07, 6.45) is -0.185. The lowest BCUT2D eigenvalue weighted by Crippen LogP contribution is -2.15. The number of benzene rings is 1. The minimum absolute atomic E-state index is 0.131. The van der Waals surface area contributed by atoms with E-state index in [9.17, 15) is 18.0 Å². The number of anilines is 1. The average Bonchev–Trinajstić information content (AvgIpc) is 2.80. The van der Waals surface area contributed by atoms with E-state index in [1.54, 1.807) is 18.3 Å². The summed E-state index contributed by atoms with van der Waals surface area (Å²) in [7, 11) is 0. The lowest BCUT2D eigenvalue weighted by Gasteiger charge is -2.13. The monoisotopic (exact) mass is 465 g/mol. The van der Waals surface area contributed by atoms with Crippen molar-refractivity contribution in [3.63, 3.8) is 0 Å². The highest BCUT2D eigenvalue weighted by Gasteiger charge is 2.33. The van der Waals surface area contributed by atoms with Gasteiger partial charge in [0.1, 0.15) is 11.5 Å². The molecule has 1 amide bonds. The second-order valence-electron chi connectivity index (χ2n) is 7.98. The Kier molecular flexibility index (Phi) is 6.28. The Morgan fingerprint density at radius 3 is 2.53 bits per heavy atom. The van der Waals surface area contributed by atoms with Gasteiger partial charge in [-0.25, -0.2) is 15.0 Å². The molecule has 4 aromatic rings. The third kappa shape index (κ3) is 4.88. The number of fused-ring (bicyclic) bond motifs is 1. The summed E-state index contributed by atoms with van der Waals surface area (Å²) in [5.74, 6) is 0.0910. The van der Waals surface area contributed by atoms with Crippen molar-refractivity contribution < 1.29 is 18.0 Å². The zero-order chi connectivity index (χ0) is 24.5. The third-order valence-corrected chi connectivity index (χ3v) is 5.38. The number of nitrogens with one attached hydrogen (secondary N) is 1. The predicted octanol–water partition coefficient (Wildman–Crippen LogP) is 5.93.